The number of aliphatic imine (C=N–C) groups is 1. The summed E-state index contributed by atoms with van der Waals surface area (Å²) in [5.74, 6) is 2.59. The average molecular weight is 486 g/mol. The summed E-state index contributed by atoms with van der Waals surface area (Å²) >= 11 is 0. The van der Waals surface area contributed by atoms with Gasteiger partial charge in [0.15, 0.2) is 11.8 Å². The summed E-state index contributed by atoms with van der Waals surface area (Å²) in [4.78, 5) is 13.0. The first-order valence-corrected chi connectivity index (χ1v) is 8.95. The number of phenolic OH excluding ortho intramolecular Hbond substituents is 1. The summed E-state index contributed by atoms with van der Waals surface area (Å²) in [7, 11) is 1.80. The minimum atomic E-state index is 0. The van der Waals surface area contributed by atoms with Crippen LogP contribution in [0.4, 0.5) is 5.69 Å². The van der Waals surface area contributed by atoms with Crippen LogP contribution in [0.2, 0.25) is 0 Å². The molecule has 27 heavy (non-hydrogen) atoms. The third kappa shape index (κ3) is 5.72. The number of hydrogen-bond donors (Lipinski definition) is 2. The van der Waals surface area contributed by atoms with Gasteiger partial charge in [-0.3, -0.25) is 4.99 Å². The lowest BCUT2D eigenvalue weighted by Gasteiger charge is -2.37. The summed E-state index contributed by atoms with van der Waals surface area (Å²) in [6.07, 6.45) is 1.66. The Labute approximate surface area is 176 Å². The number of halogens is 1. The van der Waals surface area contributed by atoms with E-state index in [1.165, 1.54) is 0 Å². The molecule has 1 aromatic heterocycles. The van der Waals surface area contributed by atoms with E-state index in [0.717, 1.165) is 57.2 Å². The first-order valence-electron chi connectivity index (χ1n) is 8.95. The number of para-hydroxylation sites is 2. The number of aromatic nitrogens is 2. The van der Waals surface area contributed by atoms with Crippen molar-refractivity contribution in [2.75, 3.05) is 44.7 Å². The smallest absolute Gasteiger partial charge is 0.226 e. The number of anilines is 1. The van der Waals surface area contributed by atoms with Gasteiger partial charge in [0.25, 0.3) is 0 Å². The van der Waals surface area contributed by atoms with E-state index in [9.17, 15) is 5.11 Å². The maximum Gasteiger partial charge on any atom is 0.226 e. The number of nitrogens with zero attached hydrogens (tertiary/aromatic N) is 5. The van der Waals surface area contributed by atoms with E-state index < -0.39 is 0 Å². The molecule has 1 saturated heterocycles. The van der Waals surface area contributed by atoms with Crippen LogP contribution < -0.4 is 10.2 Å². The molecule has 0 aliphatic carbocycles. The van der Waals surface area contributed by atoms with Crippen molar-refractivity contribution < 1.29 is 9.63 Å². The van der Waals surface area contributed by atoms with E-state index in [-0.39, 0.29) is 24.0 Å². The molecule has 0 unspecified atom stereocenters. The number of aryl methyl sites for hydroxylation is 2. The number of hydrogen-bond acceptors (Lipinski definition) is 6. The van der Waals surface area contributed by atoms with E-state index in [1.54, 1.807) is 13.1 Å². The lowest BCUT2D eigenvalue weighted by Crippen LogP contribution is -2.52. The molecule has 1 aliphatic heterocycles. The Morgan fingerprint density at radius 1 is 1.26 bits per heavy atom. The van der Waals surface area contributed by atoms with E-state index in [1.807, 2.05) is 25.1 Å². The Bertz CT molecular complexity index is 743. The second-order valence-electron chi connectivity index (χ2n) is 6.28. The van der Waals surface area contributed by atoms with E-state index in [0.29, 0.717) is 17.5 Å². The molecule has 0 bridgehead atoms. The van der Waals surface area contributed by atoms with Gasteiger partial charge < -0.3 is 24.7 Å². The zero-order valence-electron chi connectivity index (χ0n) is 15.8. The van der Waals surface area contributed by atoms with Gasteiger partial charge in [0, 0.05) is 46.2 Å². The summed E-state index contributed by atoms with van der Waals surface area (Å²) in [5, 5.41) is 17.2. The van der Waals surface area contributed by atoms with Gasteiger partial charge >= 0.3 is 0 Å². The topological polar surface area (TPSA) is 90.0 Å². The molecule has 0 saturated carbocycles. The van der Waals surface area contributed by atoms with Crippen molar-refractivity contribution in [1.29, 1.82) is 0 Å². The van der Waals surface area contributed by atoms with Crippen molar-refractivity contribution in [3.63, 3.8) is 0 Å². The Morgan fingerprint density at radius 3 is 2.63 bits per heavy atom. The van der Waals surface area contributed by atoms with Crippen molar-refractivity contribution in [3.8, 4) is 5.75 Å². The van der Waals surface area contributed by atoms with Crippen LogP contribution in [0.25, 0.3) is 0 Å². The van der Waals surface area contributed by atoms with Crippen molar-refractivity contribution in [2.45, 2.75) is 19.8 Å². The molecule has 2 aromatic rings. The van der Waals surface area contributed by atoms with Crippen molar-refractivity contribution in [2.24, 2.45) is 4.99 Å². The minimum Gasteiger partial charge on any atom is -0.506 e. The molecule has 2 heterocycles. The highest BCUT2D eigenvalue weighted by Gasteiger charge is 2.21. The van der Waals surface area contributed by atoms with Crippen LogP contribution in [0.15, 0.2) is 33.8 Å². The number of rotatable bonds is 5. The van der Waals surface area contributed by atoms with Crippen LogP contribution in [0.1, 0.15) is 18.1 Å². The molecule has 148 valence electrons. The maximum absolute atomic E-state index is 10.0. The highest BCUT2D eigenvalue weighted by atomic mass is 127. The number of phenols is 1. The Kier molecular flexibility index (Phi) is 8.14. The quantitative estimate of drug-likeness (QED) is 0.289. The molecule has 9 heteroatoms. The van der Waals surface area contributed by atoms with Gasteiger partial charge in [0.05, 0.1) is 5.69 Å². The molecule has 1 aromatic carbocycles. The summed E-state index contributed by atoms with van der Waals surface area (Å²) in [6, 6.07) is 7.48. The van der Waals surface area contributed by atoms with Crippen molar-refractivity contribution in [1.82, 2.24) is 20.4 Å². The normalized spacial score (nSPS) is 14.8. The third-order valence-corrected chi connectivity index (χ3v) is 4.43. The van der Waals surface area contributed by atoms with Gasteiger partial charge in [-0.15, -0.1) is 24.0 Å². The summed E-state index contributed by atoms with van der Waals surface area (Å²) in [6.45, 7) is 6.03. The van der Waals surface area contributed by atoms with Crippen LogP contribution in [0, 0.1) is 6.92 Å². The van der Waals surface area contributed by atoms with Gasteiger partial charge in [-0.25, -0.2) is 0 Å². The van der Waals surface area contributed by atoms with Gasteiger partial charge in [-0.1, -0.05) is 17.3 Å². The lowest BCUT2D eigenvalue weighted by atomic mass is 10.2. The van der Waals surface area contributed by atoms with Crippen LogP contribution >= 0.6 is 24.0 Å². The van der Waals surface area contributed by atoms with Crippen LogP contribution in [0.3, 0.4) is 0 Å². The Morgan fingerprint density at radius 2 is 2.00 bits per heavy atom. The SMILES string of the molecule is CN=C(NCCCc1nc(C)no1)N1CCN(c2ccccc2O)CC1.I. The standard InChI is InChI=1S/C18H26N6O2.HI/c1-14-21-17(26-22-14)8-5-9-20-18(19-2)24-12-10-23(11-13-24)15-6-3-4-7-16(15)25;/h3-4,6-7,25H,5,8-13H2,1-2H3,(H,19,20);1H. The van der Waals surface area contributed by atoms with E-state index >= 15 is 0 Å². The predicted molar refractivity (Wildman–Crippen MR) is 116 cm³/mol. The average Bonchev–Trinajstić information content (AvgIpc) is 3.08. The molecule has 1 aliphatic rings. The molecule has 8 nitrogen and oxygen atoms in total. The molecular formula is C18H27IN6O2. The van der Waals surface area contributed by atoms with Crippen LogP contribution in [-0.4, -0.2) is 65.9 Å². The monoisotopic (exact) mass is 486 g/mol. The number of aromatic hydroxyl groups is 1. The number of benzene rings is 1. The fraction of sp³-hybridized carbons (Fsp3) is 0.500. The molecule has 0 spiro atoms. The van der Waals surface area contributed by atoms with Crippen molar-refractivity contribution in [3.05, 3.63) is 36.0 Å². The van der Waals surface area contributed by atoms with Crippen LogP contribution in [0.5, 0.6) is 5.75 Å². The summed E-state index contributed by atoms with van der Waals surface area (Å²) in [5.41, 5.74) is 0.893. The predicted octanol–water partition coefficient (Wildman–Crippen LogP) is 2.03. The first kappa shape index (κ1) is 21.3. The number of piperazine rings is 1. The zero-order chi connectivity index (χ0) is 18.4. The molecule has 1 fully saturated rings. The first-order chi connectivity index (χ1) is 12.7. The highest BCUT2D eigenvalue weighted by Crippen LogP contribution is 2.27. The maximum atomic E-state index is 10.0. The number of nitrogens with one attached hydrogen (secondary N) is 1. The molecule has 2 N–H and O–H groups in total. The lowest BCUT2D eigenvalue weighted by molar-refractivity contribution is 0.364. The molecule has 0 radical (unpaired) electrons. The third-order valence-electron chi connectivity index (χ3n) is 4.43. The van der Waals surface area contributed by atoms with Gasteiger partial charge in [0.1, 0.15) is 5.75 Å². The minimum absolute atomic E-state index is 0. The molecule has 0 atom stereocenters. The van der Waals surface area contributed by atoms with E-state index in [4.69, 9.17) is 4.52 Å². The molecule has 3 rings (SSSR count). The van der Waals surface area contributed by atoms with Gasteiger partial charge in [-0.2, -0.15) is 4.98 Å². The van der Waals surface area contributed by atoms with Crippen LogP contribution in [-0.2, 0) is 6.42 Å². The highest BCUT2D eigenvalue weighted by molar-refractivity contribution is 14.0. The fourth-order valence-electron chi connectivity index (χ4n) is 3.10. The largest absolute Gasteiger partial charge is 0.506 e. The summed E-state index contributed by atoms with van der Waals surface area (Å²) < 4.78 is 5.12. The van der Waals surface area contributed by atoms with Gasteiger partial charge in [-0.05, 0) is 25.5 Å². The fourth-order valence-corrected chi connectivity index (χ4v) is 3.10. The Hall–Kier alpha value is -2.04. The van der Waals surface area contributed by atoms with Crippen molar-refractivity contribution >= 4 is 35.6 Å². The van der Waals surface area contributed by atoms with E-state index in [2.05, 4.69) is 30.2 Å². The molecular weight excluding hydrogens is 459 g/mol. The second-order valence-corrected chi connectivity index (χ2v) is 6.28. The molecule has 0 amide bonds. The zero-order valence-corrected chi connectivity index (χ0v) is 18.1. The Balaban J connectivity index is 0.00000261. The number of guanidine groups is 1. The van der Waals surface area contributed by atoms with Gasteiger partial charge in [0.2, 0.25) is 5.89 Å². The second kappa shape index (κ2) is 10.3.